The maximum absolute atomic E-state index is 12.2. The van der Waals surface area contributed by atoms with E-state index in [1.165, 1.54) is 11.3 Å². The lowest BCUT2D eigenvalue weighted by atomic mass is 10.2. The number of benzene rings is 2. The van der Waals surface area contributed by atoms with Crippen molar-refractivity contribution >= 4 is 33.4 Å². The van der Waals surface area contributed by atoms with Gasteiger partial charge in [0.15, 0.2) is 6.10 Å². The molecule has 1 amide bonds. The van der Waals surface area contributed by atoms with Gasteiger partial charge in [0, 0.05) is 6.54 Å². The Bertz CT molecular complexity index is 861. The highest BCUT2D eigenvalue weighted by molar-refractivity contribution is 7.16. The molecule has 5 nitrogen and oxygen atoms in total. The summed E-state index contributed by atoms with van der Waals surface area (Å²) in [6.45, 7) is 1.96. The molecule has 122 valence electrons. The van der Waals surface area contributed by atoms with Gasteiger partial charge in [0.05, 0.1) is 21.3 Å². The number of fused-ring (bicyclic) bond motifs is 1. The first kappa shape index (κ1) is 16.1. The summed E-state index contributed by atoms with van der Waals surface area (Å²) >= 11 is 1.45. The van der Waals surface area contributed by atoms with Crippen molar-refractivity contribution < 1.29 is 14.3 Å². The van der Waals surface area contributed by atoms with Crippen LogP contribution in [0.1, 0.15) is 22.8 Å². The number of carbonyl (C=O) groups is 2. The molecular formula is C18H16N2O3S. The van der Waals surface area contributed by atoms with E-state index in [2.05, 4.69) is 10.3 Å². The molecule has 1 heterocycles. The molecule has 0 saturated heterocycles. The van der Waals surface area contributed by atoms with Crippen LogP contribution >= 0.6 is 11.3 Å². The zero-order chi connectivity index (χ0) is 16.9. The van der Waals surface area contributed by atoms with Crippen molar-refractivity contribution in [3.63, 3.8) is 0 Å². The smallest absolute Gasteiger partial charge is 0.338 e. The van der Waals surface area contributed by atoms with Crippen LogP contribution < -0.4 is 5.32 Å². The summed E-state index contributed by atoms with van der Waals surface area (Å²) in [5.74, 6) is -0.848. The first-order valence-electron chi connectivity index (χ1n) is 7.49. The maximum Gasteiger partial charge on any atom is 0.338 e. The van der Waals surface area contributed by atoms with Crippen LogP contribution in [0.15, 0.2) is 54.0 Å². The quantitative estimate of drug-likeness (QED) is 0.725. The van der Waals surface area contributed by atoms with E-state index in [0.717, 1.165) is 15.8 Å². The minimum absolute atomic E-state index is 0.328. The van der Waals surface area contributed by atoms with Crippen molar-refractivity contribution in [1.82, 2.24) is 10.3 Å². The monoisotopic (exact) mass is 340 g/mol. The van der Waals surface area contributed by atoms with Crippen molar-refractivity contribution in [2.45, 2.75) is 19.6 Å². The van der Waals surface area contributed by atoms with Crippen LogP contribution in [-0.2, 0) is 16.1 Å². The fourth-order valence-electron chi connectivity index (χ4n) is 2.19. The fraction of sp³-hybridized carbons (Fsp3) is 0.167. The van der Waals surface area contributed by atoms with Gasteiger partial charge in [0.2, 0.25) is 0 Å². The predicted molar refractivity (Wildman–Crippen MR) is 92.8 cm³/mol. The number of nitrogens with zero attached hydrogens (tertiary/aromatic N) is 1. The molecule has 2 aromatic carbocycles. The molecule has 3 rings (SSSR count). The summed E-state index contributed by atoms with van der Waals surface area (Å²) in [6.07, 6.45) is -0.863. The van der Waals surface area contributed by atoms with Gasteiger partial charge in [-0.1, -0.05) is 30.3 Å². The molecule has 1 aromatic heterocycles. The second-order valence-corrected chi connectivity index (χ2v) is 6.17. The number of esters is 1. The van der Waals surface area contributed by atoms with Gasteiger partial charge >= 0.3 is 5.97 Å². The fourth-order valence-corrected chi connectivity index (χ4v) is 2.91. The maximum atomic E-state index is 12.2. The van der Waals surface area contributed by atoms with Gasteiger partial charge in [0.1, 0.15) is 0 Å². The Morgan fingerprint density at radius 2 is 2.00 bits per heavy atom. The largest absolute Gasteiger partial charge is 0.449 e. The molecule has 0 spiro atoms. The summed E-state index contributed by atoms with van der Waals surface area (Å²) in [6, 6.07) is 14.7. The van der Waals surface area contributed by atoms with E-state index in [9.17, 15) is 9.59 Å². The van der Waals surface area contributed by atoms with Crippen LogP contribution in [-0.4, -0.2) is 23.0 Å². The average molecular weight is 340 g/mol. The third-order valence-electron chi connectivity index (χ3n) is 3.53. The number of ether oxygens (including phenoxy) is 1. The van der Waals surface area contributed by atoms with Crippen molar-refractivity contribution in [3.8, 4) is 0 Å². The minimum Gasteiger partial charge on any atom is -0.449 e. The van der Waals surface area contributed by atoms with E-state index in [1.54, 1.807) is 30.6 Å². The van der Waals surface area contributed by atoms with Crippen LogP contribution in [0.3, 0.4) is 0 Å². The zero-order valence-corrected chi connectivity index (χ0v) is 13.9. The van der Waals surface area contributed by atoms with E-state index in [1.807, 2.05) is 30.3 Å². The molecule has 0 unspecified atom stereocenters. The Balaban J connectivity index is 1.57. The highest BCUT2D eigenvalue weighted by Crippen LogP contribution is 2.19. The van der Waals surface area contributed by atoms with E-state index in [-0.39, 0.29) is 5.91 Å². The number of hydrogen-bond donors (Lipinski definition) is 1. The molecule has 0 bridgehead atoms. The highest BCUT2D eigenvalue weighted by Gasteiger charge is 2.19. The lowest BCUT2D eigenvalue weighted by Crippen LogP contribution is -2.35. The van der Waals surface area contributed by atoms with E-state index in [4.69, 9.17) is 4.74 Å². The molecule has 0 radical (unpaired) electrons. The van der Waals surface area contributed by atoms with E-state index in [0.29, 0.717) is 12.1 Å². The molecular weight excluding hydrogens is 324 g/mol. The van der Waals surface area contributed by atoms with Crippen molar-refractivity contribution in [3.05, 3.63) is 65.2 Å². The van der Waals surface area contributed by atoms with Crippen LogP contribution in [0.4, 0.5) is 0 Å². The van der Waals surface area contributed by atoms with Crippen LogP contribution in [0, 0.1) is 0 Å². The molecule has 3 aromatic rings. The number of nitrogens with one attached hydrogen (secondary N) is 1. The lowest BCUT2D eigenvalue weighted by molar-refractivity contribution is -0.129. The Kier molecular flexibility index (Phi) is 4.86. The zero-order valence-electron chi connectivity index (χ0n) is 13.1. The third-order valence-corrected chi connectivity index (χ3v) is 4.32. The SMILES string of the molecule is C[C@H](OC(=O)c1ccc2ncsc2c1)C(=O)NCc1ccccc1. The number of carbonyl (C=O) groups excluding carboxylic acids is 2. The number of hydrogen-bond acceptors (Lipinski definition) is 5. The first-order chi connectivity index (χ1) is 11.6. The van der Waals surface area contributed by atoms with Crippen molar-refractivity contribution in [2.24, 2.45) is 0 Å². The molecule has 0 aliphatic rings. The van der Waals surface area contributed by atoms with E-state index < -0.39 is 12.1 Å². The molecule has 0 aliphatic heterocycles. The molecule has 1 N–H and O–H groups in total. The molecule has 6 heteroatoms. The topological polar surface area (TPSA) is 68.3 Å². The number of rotatable bonds is 5. The van der Waals surface area contributed by atoms with Crippen molar-refractivity contribution in [2.75, 3.05) is 0 Å². The number of amides is 1. The Labute approximate surface area is 143 Å². The molecule has 1 atom stereocenters. The Hall–Kier alpha value is -2.73. The van der Waals surface area contributed by atoms with Gasteiger partial charge in [-0.2, -0.15) is 0 Å². The van der Waals surface area contributed by atoms with Gasteiger partial charge in [-0.3, -0.25) is 4.79 Å². The molecule has 24 heavy (non-hydrogen) atoms. The first-order valence-corrected chi connectivity index (χ1v) is 8.37. The normalized spacial score (nSPS) is 11.9. The summed E-state index contributed by atoms with van der Waals surface area (Å²) in [5, 5.41) is 2.76. The highest BCUT2D eigenvalue weighted by atomic mass is 32.1. The van der Waals surface area contributed by atoms with Gasteiger partial charge in [-0.15, -0.1) is 11.3 Å². The van der Waals surface area contributed by atoms with Crippen LogP contribution in [0.5, 0.6) is 0 Å². The molecule has 0 fully saturated rings. The van der Waals surface area contributed by atoms with Gasteiger partial charge in [0.25, 0.3) is 5.91 Å². The van der Waals surface area contributed by atoms with E-state index >= 15 is 0 Å². The molecule has 0 saturated carbocycles. The second kappa shape index (κ2) is 7.23. The van der Waals surface area contributed by atoms with Gasteiger partial charge < -0.3 is 10.1 Å². The summed E-state index contributed by atoms with van der Waals surface area (Å²) in [5.41, 5.74) is 3.96. The second-order valence-electron chi connectivity index (χ2n) is 5.29. The Morgan fingerprint density at radius 1 is 1.21 bits per heavy atom. The lowest BCUT2D eigenvalue weighted by Gasteiger charge is -2.13. The summed E-state index contributed by atoms with van der Waals surface area (Å²) in [4.78, 5) is 28.4. The third kappa shape index (κ3) is 3.78. The van der Waals surface area contributed by atoms with Crippen LogP contribution in [0.25, 0.3) is 10.2 Å². The standard InChI is InChI=1S/C18H16N2O3S/c1-12(17(21)19-10-13-5-3-2-4-6-13)23-18(22)14-7-8-15-16(9-14)24-11-20-15/h2-9,11-12H,10H2,1H3,(H,19,21)/t12-/m0/s1. The number of aromatic nitrogens is 1. The summed E-state index contributed by atoms with van der Waals surface area (Å²) < 4.78 is 6.15. The molecule has 0 aliphatic carbocycles. The van der Waals surface area contributed by atoms with Gasteiger partial charge in [-0.25, -0.2) is 9.78 Å². The minimum atomic E-state index is -0.863. The number of thiazole rings is 1. The summed E-state index contributed by atoms with van der Waals surface area (Å²) in [7, 11) is 0. The Morgan fingerprint density at radius 3 is 2.79 bits per heavy atom. The predicted octanol–water partition coefficient (Wildman–Crippen LogP) is 3.16. The average Bonchev–Trinajstić information content (AvgIpc) is 3.08. The van der Waals surface area contributed by atoms with Crippen molar-refractivity contribution in [1.29, 1.82) is 0 Å². The van der Waals surface area contributed by atoms with Gasteiger partial charge in [-0.05, 0) is 30.7 Å². The van der Waals surface area contributed by atoms with Crippen LogP contribution in [0.2, 0.25) is 0 Å².